The molecule has 0 bridgehead atoms. The maximum Gasteiger partial charge on any atom is 0.360 e. The number of rotatable bonds is 7. The van der Waals surface area contributed by atoms with Crippen LogP contribution in [-0.2, 0) is 11.8 Å². The first-order valence-corrected chi connectivity index (χ1v) is 6.56. The van der Waals surface area contributed by atoms with Crippen LogP contribution in [0.1, 0.15) is 29.8 Å². The molecular formula is C11H14N6O5. The third-order valence-electron chi connectivity index (χ3n) is 2.91. The first-order chi connectivity index (χ1) is 10.5. The molecule has 0 saturated heterocycles. The Morgan fingerprint density at radius 1 is 1.41 bits per heavy atom. The maximum absolute atomic E-state index is 11.9. The van der Waals surface area contributed by atoms with Crippen molar-refractivity contribution in [2.24, 2.45) is 7.05 Å². The molecule has 0 aromatic carbocycles. The molecule has 11 nitrogen and oxygen atoms in total. The number of nitrogens with zero attached hydrogens (tertiary/aromatic N) is 6. The number of carbonyl (C=O) groups is 1. The lowest BCUT2D eigenvalue weighted by Crippen LogP contribution is -2.27. The molecule has 0 aliphatic carbocycles. The van der Waals surface area contributed by atoms with Gasteiger partial charge in [-0.1, -0.05) is 5.21 Å². The summed E-state index contributed by atoms with van der Waals surface area (Å²) in [5.74, 6) is -0.709. The molecule has 0 amide bonds. The largest absolute Gasteiger partial charge is 0.461 e. The highest BCUT2D eigenvalue weighted by Crippen LogP contribution is 2.06. The maximum atomic E-state index is 11.9. The molecule has 0 N–H and O–H groups in total. The molecule has 118 valence electrons. The topological polar surface area (TPSA) is 135 Å². The van der Waals surface area contributed by atoms with Crippen LogP contribution >= 0.6 is 0 Å². The van der Waals surface area contributed by atoms with E-state index in [0.29, 0.717) is 19.3 Å². The first kappa shape index (κ1) is 15.5. The average Bonchev–Trinajstić information content (AvgIpc) is 2.90. The molecule has 11 heteroatoms. The first-order valence-electron chi connectivity index (χ1n) is 6.56. The van der Waals surface area contributed by atoms with Crippen molar-refractivity contribution in [3.05, 3.63) is 32.6 Å². The van der Waals surface area contributed by atoms with Crippen LogP contribution in [0.3, 0.4) is 0 Å². The number of carbonyl (C=O) groups excluding carboxylic acids is 1. The smallest absolute Gasteiger partial charge is 0.360 e. The monoisotopic (exact) mass is 310 g/mol. The van der Waals surface area contributed by atoms with Gasteiger partial charge < -0.3 is 4.74 Å². The van der Waals surface area contributed by atoms with Gasteiger partial charge in [0.25, 0.3) is 0 Å². The van der Waals surface area contributed by atoms with E-state index < -0.39 is 11.7 Å². The molecule has 0 fully saturated rings. The highest BCUT2D eigenvalue weighted by atomic mass is 16.6. The summed E-state index contributed by atoms with van der Waals surface area (Å²) >= 11 is 0. The Hall–Kier alpha value is -2.85. The molecule has 0 unspecified atom stereocenters. The Morgan fingerprint density at radius 3 is 2.91 bits per heavy atom. The van der Waals surface area contributed by atoms with Crippen LogP contribution in [0.15, 0.2) is 11.1 Å². The summed E-state index contributed by atoms with van der Waals surface area (Å²) in [6.45, 7) is 0.0202. The molecule has 2 aromatic heterocycles. The van der Waals surface area contributed by atoms with E-state index in [9.17, 15) is 19.7 Å². The lowest BCUT2D eigenvalue weighted by molar-refractivity contribution is -0.480. The van der Waals surface area contributed by atoms with Gasteiger partial charge in [-0.3, -0.25) is 10.1 Å². The van der Waals surface area contributed by atoms with Gasteiger partial charge in [-0.2, -0.15) is 4.68 Å². The van der Waals surface area contributed by atoms with Gasteiger partial charge in [0, 0.05) is 18.4 Å². The van der Waals surface area contributed by atoms with Crippen molar-refractivity contribution in [2.75, 3.05) is 13.2 Å². The molecule has 0 aliphatic rings. The fourth-order valence-electron chi connectivity index (χ4n) is 1.78. The molecule has 0 aliphatic heterocycles. The second kappa shape index (κ2) is 6.74. The molecule has 0 spiro atoms. The fraction of sp³-hybridized carbons (Fsp3) is 0.545. The zero-order valence-corrected chi connectivity index (χ0v) is 11.8. The zero-order valence-electron chi connectivity index (χ0n) is 11.8. The van der Waals surface area contributed by atoms with Gasteiger partial charge in [-0.25, -0.2) is 19.0 Å². The normalized spacial score (nSPS) is 10.8. The van der Waals surface area contributed by atoms with E-state index in [1.54, 1.807) is 0 Å². The Balaban J connectivity index is 1.92. The number of unbranched alkanes of at least 4 members (excludes halogenated alkanes) is 2. The lowest BCUT2D eigenvalue weighted by Gasteiger charge is -2.02. The van der Waals surface area contributed by atoms with Crippen molar-refractivity contribution in [3.63, 3.8) is 0 Å². The zero-order chi connectivity index (χ0) is 16.1. The van der Waals surface area contributed by atoms with Crippen LogP contribution in [0.25, 0.3) is 5.65 Å². The van der Waals surface area contributed by atoms with Gasteiger partial charge in [0.1, 0.15) is 6.33 Å². The van der Waals surface area contributed by atoms with Crippen LogP contribution in [0.2, 0.25) is 0 Å². The second-order valence-electron chi connectivity index (χ2n) is 4.54. The van der Waals surface area contributed by atoms with Gasteiger partial charge >= 0.3 is 11.7 Å². The second-order valence-corrected chi connectivity index (χ2v) is 4.54. The summed E-state index contributed by atoms with van der Waals surface area (Å²) in [4.78, 5) is 37.2. The SMILES string of the molecule is Cn1nnc2c(C(=O)OCCCCC[N+](=O)[O-])ncn2c1=O. The minimum atomic E-state index is -0.709. The van der Waals surface area contributed by atoms with E-state index in [-0.39, 0.29) is 29.4 Å². The van der Waals surface area contributed by atoms with E-state index in [1.807, 2.05) is 0 Å². The van der Waals surface area contributed by atoms with E-state index >= 15 is 0 Å². The van der Waals surface area contributed by atoms with Crippen LogP contribution in [0, 0.1) is 10.1 Å². The third kappa shape index (κ3) is 3.42. The molecule has 2 rings (SSSR count). The van der Waals surface area contributed by atoms with Crippen molar-refractivity contribution < 1.29 is 14.5 Å². The molecule has 0 radical (unpaired) electrons. The number of aryl methyl sites for hydroxylation is 1. The summed E-state index contributed by atoms with van der Waals surface area (Å²) in [5, 5.41) is 17.5. The Bertz CT molecular complexity index is 751. The number of fused-ring (bicyclic) bond motifs is 1. The van der Waals surface area contributed by atoms with Crippen LogP contribution in [0.4, 0.5) is 0 Å². The highest BCUT2D eigenvalue weighted by molar-refractivity contribution is 5.93. The molecular weight excluding hydrogens is 296 g/mol. The van der Waals surface area contributed by atoms with E-state index in [2.05, 4.69) is 15.3 Å². The Kier molecular flexibility index (Phi) is 4.76. The third-order valence-corrected chi connectivity index (χ3v) is 2.91. The quantitative estimate of drug-likeness (QED) is 0.287. The average molecular weight is 310 g/mol. The van der Waals surface area contributed by atoms with Gasteiger partial charge in [0.05, 0.1) is 6.61 Å². The Morgan fingerprint density at radius 2 is 2.18 bits per heavy atom. The predicted octanol–water partition coefficient (Wildman–Crippen LogP) is -0.573. The molecule has 0 saturated carbocycles. The van der Waals surface area contributed by atoms with E-state index in [1.165, 1.54) is 13.4 Å². The number of nitro groups is 1. The number of imidazole rings is 1. The van der Waals surface area contributed by atoms with Crippen molar-refractivity contribution in [1.29, 1.82) is 0 Å². The lowest BCUT2D eigenvalue weighted by atomic mass is 10.2. The van der Waals surface area contributed by atoms with Crippen LogP contribution < -0.4 is 5.69 Å². The molecule has 2 heterocycles. The minimum absolute atomic E-state index is 0.0291. The van der Waals surface area contributed by atoms with Crippen molar-refractivity contribution >= 4 is 11.6 Å². The van der Waals surface area contributed by atoms with E-state index in [4.69, 9.17) is 4.74 Å². The molecule has 2 aromatic rings. The number of esters is 1. The molecule has 22 heavy (non-hydrogen) atoms. The summed E-state index contributed by atoms with van der Waals surface area (Å²) < 4.78 is 7.12. The van der Waals surface area contributed by atoms with Gasteiger partial charge in [0.15, 0.2) is 11.3 Å². The van der Waals surface area contributed by atoms with E-state index in [0.717, 1.165) is 9.08 Å². The van der Waals surface area contributed by atoms with Gasteiger partial charge in [0.2, 0.25) is 6.54 Å². The number of hydrogen-bond acceptors (Lipinski definition) is 8. The number of ether oxygens (including phenoxy) is 1. The van der Waals surface area contributed by atoms with Gasteiger partial charge in [-0.15, -0.1) is 5.10 Å². The predicted molar refractivity (Wildman–Crippen MR) is 72.0 cm³/mol. The minimum Gasteiger partial charge on any atom is -0.461 e. The summed E-state index contributed by atoms with van der Waals surface area (Å²) in [5.41, 5.74) is -0.534. The van der Waals surface area contributed by atoms with Crippen molar-refractivity contribution in [3.8, 4) is 0 Å². The summed E-state index contributed by atoms with van der Waals surface area (Å²) in [7, 11) is 1.43. The van der Waals surface area contributed by atoms with Crippen molar-refractivity contribution in [1.82, 2.24) is 24.4 Å². The van der Waals surface area contributed by atoms with Crippen molar-refractivity contribution in [2.45, 2.75) is 19.3 Å². The van der Waals surface area contributed by atoms with Crippen LogP contribution in [0.5, 0.6) is 0 Å². The Labute approximate surface area is 123 Å². The standard InChI is InChI=1S/C11H14N6O5/c1-15-11(19)16-7-12-8(9(16)13-14-15)10(18)22-6-4-2-3-5-17(20)21/h7H,2-6H2,1H3. The molecule has 0 atom stereocenters. The number of hydrogen-bond donors (Lipinski definition) is 0. The van der Waals surface area contributed by atoms with Crippen LogP contribution in [-0.4, -0.2) is 48.4 Å². The van der Waals surface area contributed by atoms with Gasteiger partial charge in [-0.05, 0) is 12.8 Å². The summed E-state index contributed by atoms with van der Waals surface area (Å²) in [6, 6.07) is 0. The fourth-order valence-corrected chi connectivity index (χ4v) is 1.78. The summed E-state index contributed by atoms with van der Waals surface area (Å²) in [6.07, 6.45) is 2.71. The number of aromatic nitrogens is 5. The highest BCUT2D eigenvalue weighted by Gasteiger charge is 2.18.